The Labute approximate surface area is 143 Å². The molecule has 1 aliphatic rings. The molecule has 0 unspecified atom stereocenters. The number of nitrogens with one attached hydrogen (secondary N) is 2. The molecule has 2 aromatic rings. The zero-order valence-corrected chi connectivity index (χ0v) is 13.5. The van der Waals surface area contributed by atoms with Crippen molar-refractivity contribution in [1.29, 1.82) is 0 Å². The van der Waals surface area contributed by atoms with Crippen LogP contribution in [-0.4, -0.2) is 30.0 Å². The number of rotatable bonds is 4. The van der Waals surface area contributed by atoms with Crippen LogP contribution in [0.3, 0.4) is 0 Å². The molecule has 0 aromatic heterocycles. The molecule has 0 radical (unpaired) electrons. The maximum absolute atomic E-state index is 12.3. The Kier molecular flexibility index (Phi) is 4.34. The summed E-state index contributed by atoms with van der Waals surface area (Å²) in [4.78, 5) is 36.0. The van der Waals surface area contributed by atoms with E-state index < -0.39 is 4.92 Å². The van der Waals surface area contributed by atoms with Crippen LogP contribution in [0.15, 0.2) is 42.5 Å². The summed E-state index contributed by atoms with van der Waals surface area (Å²) in [6, 6.07) is 11.0. The van der Waals surface area contributed by atoms with Crippen molar-refractivity contribution in [3.8, 4) is 0 Å². The van der Waals surface area contributed by atoms with E-state index in [0.29, 0.717) is 35.6 Å². The monoisotopic (exact) mass is 340 g/mol. The molecule has 0 bridgehead atoms. The third-order valence-electron chi connectivity index (χ3n) is 3.96. The van der Waals surface area contributed by atoms with E-state index in [1.807, 2.05) is 0 Å². The second kappa shape index (κ2) is 6.60. The summed E-state index contributed by atoms with van der Waals surface area (Å²) >= 11 is 0. The Morgan fingerprint density at radius 1 is 1.24 bits per heavy atom. The van der Waals surface area contributed by atoms with Crippen molar-refractivity contribution < 1.29 is 14.5 Å². The second-order valence-corrected chi connectivity index (χ2v) is 5.64. The zero-order valence-electron chi connectivity index (χ0n) is 13.5. The van der Waals surface area contributed by atoms with Gasteiger partial charge in [-0.25, -0.2) is 4.79 Å². The van der Waals surface area contributed by atoms with Crippen LogP contribution in [0.5, 0.6) is 0 Å². The first kappa shape index (κ1) is 16.4. The molecule has 3 rings (SSSR count). The zero-order chi connectivity index (χ0) is 18.0. The lowest BCUT2D eigenvalue weighted by Gasteiger charge is -2.14. The Morgan fingerprint density at radius 2 is 1.96 bits per heavy atom. The fourth-order valence-electron chi connectivity index (χ4n) is 2.60. The Balaban J connectivity index is 1.74. The number of benzene rings is 2. The van der Waals surface area contributed by atoms with Gasteiger partial charge in [-0.3, -0.25) is 19.8 Å². The highest BCUT2D eigenvalue weighted by molar-refractivity contribution is 6.05. The van der Waals surface area contributed by atoms with Gasteiger partial charge >= 0.3 is 6.03 Å². The summed E-state index contributed by atoms with van der Waals surface area (Å²) in [6.45, 7) is 2.81. The molecule has 1 fully saturated rings. The van der Waals surface area contributed by atoms with Gasteiger partial charge in [0.1, 0.15) is 0 Å². The summed E-state index contributed by atoms with van der Waals surface area (Å²) in [5.41, 5.74) is 1.93. The highest BCUT2D eigenvalue weighted by atomic mass is 16.6. The molecule has 25 heavy (non-hydrogen) atoms. The van der Waals surface area contributed by atoms with Gasteiger partial charge in [0, 0.05) is 41.7 Å². The number of anilines is 2. The summed E-state index contributed by atoms with van der Waals surface area (Å²) in [6.07, 6.45) is 0. The number of hydrogen-bond donors (Lipinski definition) is 2. The number of nitro groups is 1. The number of carbonyl (C=O) groups excluding carboxylic acids is 2. The van der Waals surface area contributed by atoms with Crippen LogP contribution in [0.2, 0.25) is 0 Å². The number of aryl methyl sites for hydroxylation is 1. The lowest BCUT2D eigenvalue weighted by molar-refractivity contribution is -0.385. The summed E-state index contributed by atoms with van der Waals surface area (Å²) in [5, 5.41) is 16.3. The number of nitro benzene ring substituents is 1. The molecule has 128 valence electrons. The molecule has 0 aliphatic carbocycles. The second-order valence-electron chi connectivity index (χ2n) is 5.64. The fourth-order valence-corrected chi connectivity index (χ4v) is 2.60. The van der Waals surface area contributed by atoms with Crippen molar-refractivity contribution in [3.63, 3.8) is 0 Å². The first-order chi connectivity index (χ1) is 12.0. The van der Waals surface area contributed by atoms with Crippen molar-refractivity contribution in [3.05, 3.63) is 63.7 Å². The Morgan fingerprint density at radius 3 is 2.56 bits per heavy atom. The van der Waals surface area contributed by atoms with Crippen molar-refractivity contribution in [1.82, 2.24) is 5.32 Å². The maximum atomic E-state index is 12.3. The van der Waals surface area contributed by atoms with Crippen LogP contribution in [0.1, 0.15) is 15.9 Å². The highest BCUT2D eigenvalue weighted by Gasteiger charge is 2.21. The summed E-state index contributed by atoms with van der Waals surface area (Å²) < 4.78 is 0. The number of amides is 3. The van der Waals surface area contributed by atoms with Crippen LogP contribution >= 0.6 is 0 Å². The average Bonchev–Trinajstić information content (AvgIpc) is 3.02. The number of urea groups is 1. The summed E-state index contributed by atoms with van der Waals surface area (Å²) in [5.74, 6) is -0.379. The van der Waals surface area contributed by atoms with Crippen molar-refractivity contribution in [2.75, 3.05) is 23.3 Å². The SMILES string of the molecule is Cc1ccc(NC(=O)c2ccc(N3CCNC3=O)cc2)cc1[N+](=O)[O-]. The van der Waals surface area contributed by atoms with Crippen molar-refractivity contribution >= 4 is 29.0 Å². The smallest absolute Gasteiger partial charge is 0.321 e. The lowest BCUT2D eigenvalue weighted by Crippen LogP contribution is -2.27. The number of nitrogens with zero attached hydrogens (tertiary/aromatic N) is 2. The minimum absolute atomic E-state index is 0.0480. The van der Waals surface area contributed by atoms with Crippen LogP contribution in [-0.2, 0) is 0 Å². The fraction of sp³-hybridized carbons (Fsp3) is 0.176. The third kappa shape index (κ3) is 3.42. The van der Waals surface area contributed by atoms with Crippen LogP contribution in [0.4, 0.5) is 21.9 Å². The standard InChI is InChI=1S/C17H16N4O4/c1-11-2-5-13(10-15(11)21(24)25)19-16(22)12-3-6-14(7-4-12)20-9-8-18-17(20)23/h2-7,10H,8-9H2,1H3,(H,18,23)(H,19,22). The first-order valence-corrected chi connectivity index (χ1v) is 7.67. The van der Waals surface area contributed by atoms with E-state index in [2.05, 4.69) is 10.6 Å². The maximum Gasteiger partial charge on any atom is 0.321 e. The minimum Gasteiger partial charge on any atom is -0.336 e. The van der Waals surface area contributed by atoms with E-state index in [0.717, 1.165) is 0 Å². The van der Waals surface area contributed by atoms with Crippen LogP contribution in [0.25, 0.3) is 0 Å². The molecule has 2 aromatic carbocycles. The van der Waals surface area contributed by atoms with Gasteiger partial charge in [-0.1, -0.05) is 6.07 Å². The predicted molar refractivity (Wildman–Crippen MR) is 93.0 cm³/mol. The minimum atomic E-state index is -0.485. The van der Waals surface area contributed by atoms with Gasteiger partial charge in [0.25, 0.3) is 11.6 Å². The Bertz CT molecular complexity index is 848. The molecule has 2 N–H and O–H groups in total. The Hall–Kier alpha value is -3.42. The molecular formula is C17H16N4O4. The van der Waals surface area contributed by atoms with E-state index in [-0.39, 0.29) is 17.6 Å². The van der Waals surface area contributed by atoms with Crippen LogP contribution < -0.4 is 15.5 Å². The van der Waals surface area contributed by atoms with Gasteiger partial charge in [0.05, 0.1) is 4.92 Å². The molecular weight excluding hydrogens is 324 g/mol. The molecule has 0 saturated carbocycles. The largest absolute Gasteiger partial charge is 0.336 e. The van der Waals surface area contributed by atoms with E-state index >= 15 is 0 Å². The van der Waals surface area contributed by atoms with E-state index in [9.17, 15) is 19.7 Å². The van der Waals surface area contributed by atoms with Gasteiger partial charge in [-0.15, -0.1) is 0 Å². The van der Waals surface area contributed by atoms with E-state index in [1.54, 1.807) is 48.2 Å². The highest BCUT2D eigenvalue weighted by Crippen LogP contribution is 2.23. The number of hydrogen-bond acceptors (Lipinski definition) is 4. The third-order valence-corrected chi connectivity index (χ3v) is 3.96. The lowest BCUT2D eigenvalue weighted by atomic mass is 10.1. The van der Waals surface area contributed by atoms with E-state index in [1.165, 1.54) is 6.07 Å². The van der Waals surface area contributed by atoms with Gasteiger partial charge in [-0.05, 0) is 37.3 Å². The van der Waals surface area contributed by atoms with Gasteiger partial charge in [-0.2, -0.15) is 0 Å². The topological polar surface area (TPSA) is 105 Å². The number of carbonyl (C=O) groups is 2. The predicted octanol–water partition coefficient (Wildman–Crippen LogP) is 2.69. The molecule has 0 spiro atoms. The van der Waals surface area contributed by atoms with E-state index in [4.69, 9.17) is 0 Å². The van der Waals surface area contributed by atoms with Gasteiger partial charge in [0.15, 0.2) is 0 Å². The summed E-state index contributed by atoms with van der Waals surface area (Å²) in [7, 11) is 0. The quantitative estimate of drug-likeness (QED) is 0.659. The molecule has 1 aliphatic heterocycles. The first-order valence-electron chi connectivity index (χ1n) is 7.67. The molecule has 1 saturated heterocycles. The van der Waals surface area contributed by atoms with Crippen molar-refractivity contribution in [2.24, 2.45) is 0 Å². The molecule has 3 amide bonds. The molecule has 8 nitrogen and oxygen atoms in total. The molecule has 1 heterocycles. The van der Waals surface area contributed by atoms with Gasteiger partial charge in [0.2, 0.25) is 0 Å². The molecule has 0 atom stereocenters. The molecule has 8 heteroatoms. The normalized spacial score (nSPS) is 13.5. The average molecular weight is 340 g/mol. The van der Waals surface area contributed by atoms with Gasteiger partial charge < -0.3 is 10.6 Å². The van der Waals surface area contributed by atoms with Crippen molar-refractivity contribution in [2.45, 2.75) is 6.92 Å². The van der Waals surface area contributed by atoms with Crippen LogP contribution in [0, 0.1) is 17.0 Å².